The largest absolute Gasteiger partial charge is 0.0645 e. The van der Waals surface area contributed by atoms with Crippen LogP contribution in [0.4, 0.5) is 0 Å². The number of aryl methyl sites for hydroxylation is 1. The van der Waals surface area contributed by atoms with Crippen LogP contribution < -0.4 is 0 Å². The van der Waals surface area contributed by atoms with Gasteiger partial charge in [0.1, 0.15) is 0 Å². The molecule has 0 heterocycles. The van der Waals surface area contributed by atoms with Gasteiger partial charge in [-0.15, -0.1) is 0 Å². The molecule has 0 bridgehead atoms. The maximum Gasteiger partial charge on any atom is 0.00868 e. The molecule has 0 radical (unpaired) electrons. The molecule has 0 aromatic heterocycles. The van der Waals surface area contributed by atoms with Crippen LogP contribution in [0.2, 0.25) is 0 Å². The SMILES string of the molecule is CCC(c1ccccc1)c1cccc(C)c1. The molecule has 2 rings (SSSR count). The van der Waals surface area contributed by atoms with Gasteiger partial charge in [-0.25, -0.2) is 0 Å². The van der Waals surface area contributed by atoms with Gasteiger partial charge in [0.15, 0.2) is 0 Å². The van der Waals surface area contributed by atoms with E-state index < -0.39 is 0 Å². The molecule has 0 saturated heterocycles. The Morgan fingerprint density at radius 2 is 1.56 bits per heavy atom. The third kappa shape index (κ3) is 2.33. The van der Waals surface area contributed by atoms with E-state index in [0.717, 1.165) is 6.42 Å². The molecule has 0 heteroatoms. The van der Waals surface area contributed by atoms with Gasteiger partial charge in [0.05, 0.1) is 0 Å². The van der Waals surface area contributed by atoms with Crippen molar-refractivity contribution in [3.63, 3.8) is 0 Å². The molecule has 0 nitrogen and oxygen atoms in total. The second kappa shape index (κ2) is 4.98. The van der Waals surface area contributed by atoms with Crippen molar-refractivity contribution < 1.29 is 0 Å². The van der Waals surface area contributed by atoms with E-state index >= 15 is 0 Å². The molecule has 0 spiro atoms. The molecule has 0 saturated carbocycles. The Morgan fingerprint density at radius 3 is 2.19 bits per heavy atom. The highest BCUT2D eigenvalue weighted by molar-refractivity contribution is 5.34. The fourth-order valence-electron chi connectivity index (χ4n) is 2.24. The van der Waals surface area contributed by atoms with Gasteiger partial charge >= 0.3 is 0 Å². The van der Waals surface area contributed by atoms with Crippen molar-refractivity contribution in [1.29, 1.82) is 0 Å². The topological polar surface area (TPSA) is 0 Å². The Labute approximate surface area is 97.9 Å². The fourth-order valence-corrected chi connectivity index (χ4v) is 2.24. The molecule has 0 amide bonds. The predicted molar refractivity (Wildman–Crippen MR) is 69.8 cm³/mol. The van der Waals surface area contributed by atoms with Crippen molar-refractivity contribution in [2.45, 2.75) is 26.2 Å². The molecule has 2 aromatic carbocycles. The highest BCUT2D eigenvalue weighted by Gasteiger charge is 2.10. The summed E-state index contributed by atoms with van der Waals surface area (Å²) in [7, 11) is 0. The second-order valence-corrected chi connectivity index (χ2v) is 4.29. The second-order valence-electron chi connectivity index (χ2n) is 4.29. The summed E-state index contributed by atoms with van der Waals surface area (Å²) in [4.78, 5) is 0. The molecule has 0 N–H and O–H groups in total. The zero-order valence-corrected chi connectivity index (χ0v) is 9.98. The smallest absolute Gasteiger partial charge is 0.00868 e. The molecule has 1 atom stereocenters. The molecule has 16 heavy (non-hydrogen) atoms. The van der Waals surface area contributed by atoms with Crippen LogP contribution in [0.5, 0.6) is 0 Å². The van der Waals surface area contributed by atoms with Crippen LogP contribution >= 0.6 is 0 Å². The van der Waals surface area contributed by atoms with Crippen LogP contribution in [0.25, 0.3) is 0 Å². The summed E-state index contributed by atoms with van der Waals surface area (Å²) in [5.41, 5.74) is 4.18. The number of benzene rings is 2. The summed E-state index contributed by atoms with van der Waals surface area (Å²) in [6.45, 7) is 4.40. The summed E-state index contributed by atoms with van der Waals surface area (Å²) in [5.74, 6) is 0.529. The minimum absolute atomic E-state index is 0.529. The van der Waals surface area contributed by atoms with Crippen LogP contribution in [-0.2, 0) is 0 Å². The van der Waals surface area contributed by atoms with Crippen molar-refractivity contribution in [2.24, 2.45) is 0 Å². The zero-order valence-electron chi connectivity index (χ0n) is 9.98. The van der Waals surface area contributed by atoms with Crippen LogP contribution in [0.15, 0.2) is 54.6 Å². The zero-order chi connectivity index (χ0) is 11.4. The molecule has 0 aliphatic heterocycles. The molecule has 1 unspecified atom stereocenters. The maximum absolute atomic E-state index is 2.29. The third-order valence-corrected chi connectivity index (χ3v) is 3.05. The number of hydrogen-bond acceptors (Lipinski definition) is 0. The average Bonchev–Trinajstić information content (AvgIpc) is 2.31. The minimum Gasteiger partial charge on any atom is -0.0645 e. The summed E-state index contributed by atoms with van der Waals surface area (Å²) in [6, 6.07) is 19.6. The molecular weight excluding hydrogens is 192 g/mol. The molecule has 0 aliphatic carbocycles. The Bertz CT molecular complexity index is 443. The van der Waals surface area contributed by atoms with Crippen molar-refractivity contribution in [3.8, 4) is 0 Å². The summed E-state index contributed by atoms with van der Waals surface area (Å²) in [6.07, 6.45) is 1.15. The lowest BCUT2D eigenvalue weighted by Gasteiger charge is -2.16. The van der Waals surface area contributed by atoms with E-state index in [1.54, 1.807) is 0 Å². The van der Waals surface area contributed by atoms with Crippen molar-refractivity contribution >= 4 is 0 Å². The molecular formula is C16H18. The Hall–Kier alpha value is -1.56. The van der Waals surface area contributed by atoms with E-state index in [-0.39, 0.29) is 0 Å². The van der Waals surface area contributed by atoms with Crippen molar-refractivity contribution in [3.05, 3.63) is 71.3 Å². The van der Waals surface area contributed by atoms with E-state index in [4.69, 9.17) is 0 Å². The van der Waals surface area contributed by atoms with Crippen molar-refractivity contribution in [2.75, 3.05) is 0 Å². The standard InChI is InChI=1S/C16H18/c1-3-16(14-9-5-4-6-10-14)15-11-7-8-13(2)12-15/h4-12,16H,3H2,1-2H3. The fraction of sp³-hybridized carbons (Fsp3) is 0.250. The summed E-state index contributed by atoms with van der Waals surface area (Å²) < 4.78 is 0. The first-order valence-corrected chi connectivity index (χ1v) is 5.92. The van der Waals surface area contributed by atoms with Gasteiger partial charge in [-0.3, -0.25) is 0 Å². The van der Waals surface area contributed by atoms with Crippen LogP contribution in [0.3, 0.4) is 0 Å². The maximum atomic E-state index is 2.29. The first-order valence-electron chi connectivity index (χ1n) is 5.92. The van der Waals surface area contributed by atoms with Gasteiger partial charge in [0.2, 0.25) is 0 Å². The summed E-state index contributed by atoms with van der Waals surface area (Å²) >= 11 is 0. The van der Waals surface area contributed by atoms with Gasteiger partial charge in [0.25, 0.3) is 0 Å². The predicted octanol–water partition coefficient (Wildman–Crippen LogP) is 4.54. The van der Waals surface area contributed by atoms with E-state index in [9.17, 15) is 0 Å². The van der Waals surface area contributed by atoms with Gasteiger partial charge in [-0.05, 0) is 24.5 Å². The lowest BCUT2D eigenvalue weighted by molar-refractivity contribution is 0.776. The highest BCUT2D eigenvalue weighted by atomic mass is 14.1. The van der Waals surface area contributed by atoms with Gasteiger partial charge in [0, 0.05) is 5.92 Å². The van der Waals surface area contributed by atoms with Crippen LogP contribution in [0.1, 0.15) is 36.0 Å². The minimum atomic E-state index is 0.529. The van der Waals surface area contributed by atoms with E-state index in [1.165, 1.54) is 16.7 Å². The van der Waals surface area contributed by atoms with Gasteiger partial charge in [-0.2, -0.15) is 0 Å². The molecule has 82 valence electrons. The van der Waals surface area contributed by atoms with Gasteiger partial charge < -0.3 is 0 Å². The molecule has 2 aromatic rings. The first kappa shape index (κ1) is 10.9. The van der Waals surface area contributed by atoms with E-state index in [2.05, 4.69) is 68.4 Å². The van der Waals surface area contributed by atoms with Gasteiger partial charge in [-0.1, -0.05) is 67.1 Å². The molecule has 0 aliphatic rings. The number of hydrogen-bond donors (Lipinski definition) is 0. The van der Waals surface area contributed by atoms with Crippen molar-refractivity contribution in [1.82, 2.24) is 0 Å². The normalized spacial score (nSPS) is 12.4. The monoisotopic (exact) mass is 210 g/mol. The number of rotatable bonds is 3. The Morgan fingerprint density at radius 1 is 0.875 bits per heavy atom. The lowest BCUT2D eigenvalue weighted by atomic mass is 9.88. The summed E-state index contributed by atoms with van der Waals surface area (Å²) in [5, 5.41) is 0. The Kier molecular flexibility index (Phi) is 3.40. The Balaban J connectivity index is 2.37. The quantitative estimate of drug-likeness (QED) is 0.698. The lowest BCUT2D eigenvalue weighted by Crippen LogP contribution is -1.99. The van der Waals surface area contributed by atoms with Crippen LogP contribution in [-0.4, -0.2) is 0 Å². The van der Waals surface area contributed by atoms with E-state index in [1.807, 2.05) is 0 Å². The molecule has 0 fully saturated rings. The van der Waals surface area contributed by atoms with Crippen LogP contribution in [0, 0.1) is 6.92 Å². The first-order chi connectivity index (χ1) is 7.81. The van der Waals surface area contributed by atoms with E-state index in [0.29, 0.717) is 5.92 Å². The average molecular weight is 210 g/mol. The third-order valence-electron chi connectivity index (χ3n) is 3.05. The highest BCUT2D eigenvalue weighted by Crippen LogP contribution is 2.27.